The van der Waals surface area contributed by atoms with Crippen molar-refractivity contribution in [3.8, 4) is 0 Å². The van der Waals surface area contributed by atoms with Crippen molar-refractivity contribution in [1.82, 2.24) is 4.98 Å². The molecule has 0 bridgehead atoms. The van der Waals surface area contributed by atoms with Gasteiger partial charge in [0.25, 0.3) is 0 Å². The molecule has 0 amide bonds. The first kappa shape index (κ1) is 10.9. The molecule has 0 spiro atoms. The van der Waals surface area contributed by atoms with E-state index in [1.807, 2.05) is 0 Å². The Morgan fingerprint density at radius 1 is 1.62 bits per heavy atom. The van der Waals surface area contributed by atoms with Gasteiger partial charge >= 0.3 is 0 Å². The zero-order valence-electron chi connectivity index (χ0n) is 7.93. The van der Waals surface area contributed by atoms with E-state index in [1.54, 1.807) is 6.20 Å². The van der Waals surface area contributed by atoms with E-state index >= 15 is 0 Å². The second kappa shape index (κ2) is 3.88. The predicted octanol–water partition coefficient (Wildman–Crippen LogP) is 3.02. The fourth-order valence-corrected chi connectivity index (χ4v) is 2.17. The van der Waals surface area contributed by atoms with Crippen molar-refractivity contribution in [3.63, 3.8) is 0 Å². The highest BCUT2D eigenvalue weighted by atomic mass is 79.9. The summed E-state index contributed by atoms with van der Waals surface area (Å²) >= 11 is 4.61. The van der Waals surface area contributed by atoms with Crippen molar-refractivity contribution in [1.29, 1.82) is 0 Å². The average molecular weight is 262 g/mol. The number of thiazole rings is 1. The van der Waals surface area contributed by atoms with Gasteiger partial charge in [0.1, 0.15) is 0 Å². The highest BCUT2D eigenvalue weighted by Crippen LogP contribution is 2.27. The van der Waals surface area contributed by atoms with Crippen molar-refractivity contribution in [3.05, 3.63) is 16.1 Å². The van der Waals surface area contributed by atoms with E-state index in [0.29, 0.717) is 10.3 Å². The molecule has 1 heterocycles. The quantitative estimate of drug-likeness (QED) is 0.605. The number of aromatic nitrogens is 1. The number of alkyl halides is 1. The monoisotopic (exact) mass is 261 g/mol. The summed E-state index contributed by atoms with van der Waals surface area (Å²) in [6.45, 7) is 6.34. The minimum Gasteiger partial charge on any atom is -0.291 e. The van der Waals surface area contributed by atoms with Gasteiger partial charge in [-0.15, -0.1) is 11.3 Å². The molecule has 0 aromatic carbocycles. The van der Waals surface area contributed by atoms with Gasteiger partial charge in [-0.3, -0.25) is 4.79 Å². The largest absolute Gasteiger partial charge is 0.291 e. The van der Waals surface area contributed by atoms with Crippen molar-refractivity contribution in [2.75, 3.05) is 5.33 Å². The summed E-state index contributed by atoms with van der Waals surface area (Å²) in [5.74, 6) is 0.0560. The van der Waals surface area contributed by atoms with E-state index < -0.39 is 0 Å². The Morgan fingerprint density at radius 3 is 2.62 bits per heavy atom. The molecule has 0 aliphatic heterocycles. The van der Waals surface area contributed by atoms with E-state index in [9.17, 15) is 4.79 Å². The fraction of sp³-hybridized carbons (Fsp3) is 0.556. The van der Waals surface area contributed by atoms with Crippen molar-refractivity contribution >= 4 is 33.0 Å². The van der Waals surface area contributed by atoms with Gasteiger partial charge in [0, 0.05) is 11.1 Å². The van der Waals surface area contributed by atoms with Crippen LogP contribution in [0.2, 0.25) is 0 Å². The third-order valence-corrected chi connectivity index (χ3v) is 3.58. The SMILES string of the molecule is CC(C)(C)c1cnc(C(=O)CBr)s1. The van der Waals surface area contributed by atoms with Crippen LogP contribution in [-0.4, -0.2) is 16.1 Å². The first-order chi connectivity index (χ1) is 5.95. The minimum atomic E-state index is 0.0560. The summed E-state index contributed by atoms with van der Waals surface area (Å²) in [5.41, 5.74) is 0.0858. The van der Waals surface area contributed by atoms with E-state index in [2.05, 4.69) is 41.7 Å². The number of ketones is 1. The van der Waals surface area contributed by atoms with Gasteiger partial charge in [0.15, 0.2) is 5.01 Å². The number of hydrogen-bond acceptors (Lipinski definition) is 3. The maximum absolute atomic E-state index is 11.3. The first-order valence-corrected chi connectivity index (χ1v) is 5.94. The summed E-state index contributed by atoms with van der Waals surface area (Å²) < 4.78 is 0. The number of carbonyl (C=O) groups is 1. The molecule has 0 N–H and O–H groups in total. The fourth-order valence-electron chi connectivity index (χ4n) is 0.807. The van der Waals surface area contributed by atoms with Crippen molar-refractivity contribution in [2.24, 2.45) is 0 Å². The van der Waals surface area contributed by atoms with Gasteiger partial charge in [-0.2, -0.15) is 0 Å². The molecule has 0 aliphatic carbocycles. The van der Waals surface area contributed by atoms with E-state index in [4.69, 9.17) is 0 Å². The molecule has 72 valence electrons. The normalized spacial score (nSPS) is 11.7. The lowest BCUT2D eigenvalue weighted by Crippen LogP contribution is -2.08. The van der Waals surface area contributed by atoms with Crippen LogP contribution in [0.5, 0.6) is 0 Å². The Balaban J connectivity index is 2.93. The summed E-state index contributed by atoms with van der Waals surface area (Å²) in [6, 6.07) is 0. The molecule has 0 aliphatic rings. The van der Waals surface area contributed by atoms with Gasteiger partial charge in [-0.05, 0) is 5.41 Å². The van der Waals surface area contributed by atoms with Crippen LogP contribution in [0.15, 0.2) is 6.20 Å². The van der Waals surface area contributed by atoms with E-state index in [-0.39, 0.29) is 11.2 Å². The molecular formula is C9H12BrNOS. The molecule has 0 fully saturated rings. The second-order valence-electron chi connectivity index (χ2n) is 3.84. The summed E-state index contributed by atoms with van der Waals surface area (Å²) in [7, 11) is 0. The Kier molecular flexibility index (Phi) is 3.24. The molecule has 1 aromatic rings. The molecular weight excluding hydrogens is 250 g/mol. The summed E-state index contributed by atoms with van der Waals surface area (Å²) in [6.07, 6.45) is 1.79. The number of rotatable bonds is 2. The minimum absolute atomic E-state index is 0.0560. The van der Waals surface area contributed by atoms with Crippen LogP contribution in [0.25, 0.3) is 0 Å². The zero-order chi connectivity index (χ0) is 10.1. The van der Waals surface area contributed by atoms with Gasteiger partial charge in [-0.1, -0.05) is 36.7 Å². The Bertz CT molecular complexity index is 314. The predicted molar refractivity (Wildman–Crippen MR) is 58.9 cm³/mol. The molecule has 0 radical (unpaired) electrons. The van der Waals surface area contributed by atoms with Crippen LogP contribution in [0, 0.1) is 0 Å². The van der Waals surface area contributed by atoms with Crippen LogP contribution in [0.3, 0.4) is 0 Å². The Labute approximate surface area is 90.5 Å². The molecule has 0 saturated heterocycles. The highest BCUT2D eigenvalue weighted by molar-refractivity contribution is 9.09. The van der Waals surface area contributed by atoms with Gasteiger partial charge in [0.2, 0.25) is 5.78 Å². The first-order valence-electron chi connectivity index (χ1n) is 4.00. The maximum Gasteiger partial charge on any atom is 0.201 e. The summed E-state index contributed by atoms with van der Waals surface area (Å²) in [4.78, 5) is 16.5. The molecule has 4 heteroatoms. The van der Waals surface area contributed by atoms with Crippen LogP contribution in [0.4, 0.5) is 0 Å². The van der Waals surface area contributed by atoms with Crippen molar-refractivity contribution in [2.45, 2.75) is 26.2 Å². The van der Waals surface area contributed by atoms with Crippen LogP contribution >= 0.6 is 27.3 Å². The van der Waals surface area contributed by atoms with E-state index in [0.717, 1.165) is 4.88 Å². The van der Waals surface area contributed by atoms with E-state index in [1.165, 1.54) is 11.3 Å². The molecule has 1 aromatic heterocycles. The number of Topliss-reactive ketones (excluding diaryl/α,β-unsaturated/α-hetero) is 1. The topological polar surface area (TPSA) is 30.0 Å². The Hall–Kier alpha value is -0.220. The van der Waals surface area contributed by atoms with Gasteiger partial charge in [-0.25, -0.2) is 4.98 Å². The number of carbonyl (C=O) groups excluding carboxylic acids is 1. The maximum atomic E-state index is 11.3. The molecule has 2 nitrogen and oxygen atoms in total. The van der Waals surface area contributed by atoms with Crippen LogP contribution in [0.1, 0.15) is 35.5 Å². The third kappa shape index (κ3) is 2.61. The average Bonchev–Trinajstić information content (AvgIpc) is 2.50. The number of hydrogen-bond donors (Lipinski definition) is 0. The molecule has 0 unspecified atom stereocenters. The lowest BCUT2D eigenvalue weighted by atomic mass is 9.96. The lowest BCUT2D eigenvalue weighted by Gasteiger charge is -2.14. The molecule has 0 atom stereocenters. The smallest absolute Gasteiger partial charge is 0.201 e. The summed E-state index contributed by atoms with van der Waals surface area (Å²) in [5, 5.41) is 0.950. The molecule has 1 rings (SSSR count). The van der Waals surface area contributed by atoms with Crippen LogP contribution in [-0.2, 0) is 5.41 Å². The Morgan fingerprint density at radius 2 is 2.23 bits per heavy atom. The van der Waals surface area contributed by atoms with Crippen molar-refractivity contribution < 1.29 is 4.79 Å². The van der Waals surface area contributed by atoms with Gasteiger partial charge < -0.3 is 0 Å². The number of halogens is 1. The standard InChI is InChI=1S/C9H12BrNOS/c1-9(2,3)7-5-11-8(13-7)6(12)4-10/h5H,4H2,1-3H3. The van der Waals surface area contributed by atoms with Crippen LogP contribution < -0.4 is 0 Å². The molecule has 0 saturated carbocycles. The lowest BCUT2D eigenvalue weighted by molar-refractivity contribution is 0.102. The van der Waals surface area contributed by atoms with Gasteiger partial charge in [0.05, 0.1) is 5.33 Å². The molecule has 13 heavy (non-hydrogen) atoms. The second-order valence-corrected chi connectivity index (χ2v) is 5.43. The number of nitrogens with zero attached hydrogens (tertiary/aromatic N) is 1. The zero-order valence-corrected chi connectivity index (χ0v) is 10.3. The third-order valence-electron chi connectivity index (χ3n) is 1.60. The highest BCUT2D eigenvalue weighted by Gasteiger charge is 2.19.